The number of para-hydroxylation sites is 1. The van der Waals surface area contributed by atoms with Crippen molar-refractivity contribution in [2.24, 2.45) is 0 Å². The molecule has 4 rings (SSSR count). The van der Waals surface area contributed by atoms with Gasteiger partial charge in [0.2, 0.25) is 6.41 Å². The van der Waals surface area contributed by atoms with Crippen LogP contribution >= 0.6 is 0 Å². The van der Waals surface area contributed by atoms with E-state index in [1.807, 2.05) is 0 Å². The maximum absolute atomic E-state index is 13.2. The third-order valence-electron chi connectivity index (χ3n) is 5.93. The van der Waals surface area contributed by atoms with Gasteiger partial charge in [-0.3, -0.25) is 19.4 Å². The number of aromatic amines is 1. The van der Waals surface area contributed by atoms with Gasteiger partial charge in [0.05, 0.1) is 11.3 Å². The van der Waals surface area contributed by atoms with Crippen molar-refractivity contribution >= 4 is 29.9 Å². The molecule has 3 amide bonds. The fourth-order valence-corrected chi connectivity index (χ4v) is 3.64. The number of hydrogen-bond acceptors (Lipinski definition) is 5. The summed E-state index contributed by atoms with van der Waals surface area (Å²) in [6, 6.07) is 4.76. The summed E-state index contributed by atoms with van der Waals surface area (Å²) in [5, 5.41) is 0. The number of nitrogens with one attached hydrogen (secondary N) is 1. The molecular formula is C24H24F3N5O4. The first-order valence-corrected chi connectivity index (χ1v) is 11.3. The van der Waals surface area contributed by atoms with Gasteiger partial charge in [-0.25, -0.2) is 9.78 Å². The molecule has 2 aromatic rings. The van der Waals surface area contributed by atoms with Crippen molar-refractivity contribution in [2.75, 3.05) is 30.5 Å². The third kappa shape index (κ3) is 5.45. The number of alkyl halides is 3. The van der Waals surface area contributed by atoms with Crippen molar-refractivity contribution in [3.05, 3.63) is 41.3 Å². The highest BCUT2D eigenvalue weighted by molar-refractivity contribution is 5.99. The van der Waals surface area contributed by atoms with Crippen LogP contribution in [0.1, 0.15) is 47.6 Å². The maximum atomic E-state index is 13.2. The number of carbonyl (C=O) groups excluding carboxylic acids is 3. The van der Waals surface area contributed by atoms with E-state index in [2.05, 4.69) is 21.8 Å². The van der Waals surface area contributed by atoms with Crippen LogP contribution in [0.25, 0.3) is 0 Å². The van der Waals surface area contributed by atoms with E-state index in [0.29, 0.717) is 6.41 Å². The second-order valence-corrected chi connectivity index (χ2v) is 8.61. The Labute approximate surface area is 205 Å². The zero-order chi connectivity index (χ0) is 26.0. The van der Waals surface area contributed by atoms with Crippen LogP contribution < -0.4 is 9.80 Å². The summed E-state index contributed by atoms with van der Waals surface area (Å²) in [6.45, 7) is -0.432. The van der Waals surface area contributed by atoms with Crippen LogP contribution in [0.4, 0.5) is 29.5 Å². The second kappa shape index (κ2) is 9.93. The molecule has 0 atom stereocenters. The zero-order valence-corrected chi connectivity index (χ0v) is 19.6. The molecular weight excluding hydrogens is 479 g/mol. The Kier molecular flexibility index (Phi) is 6.92. The molecule has 2 fully saturated rings. The molecule has 9 nitrogen and oxygen atoms in total. The number of aromatic nitrogens is 2. The molecule has 0 bridgehead atoms. The van der Waals surface area contributed by atoms with Crippen LogP contribution in [-0.2, 0) is 15.7 Å². The highest BCUT2D eigenvalue weighted by atomic mass is 19.4. The minimum atomic E-state index is -4.64. The van der Waals surface area contributed by atoms with Gasteiger partial charge in [-0.2, -0.15) is 13.2 Å². The van der Waals surface area contributed by atoms with Crippen molar-refractivity contribution in [1.82, 2.24) is 14.9 Å². The Hall–Kier alpha value is -4.01. The van der Waals surface area contributed by atoms with Crippen LogP contribution in [0, 0.1) is 11.8 Å². The minimum Gasteiger partial charge on any atom is -0.436 e. The molecule has 1 aromatic carbocycles. The summed E-state index contributed by atoms with van der Waals surface area (Å²) >= 11 is 0. The Bertz CT molecular complexity index is 1220. The summed E-state index contributed by atoms with van der Waals surface area (Å²) in [6.07, 6.45) is -1.60. The molecule has 0 aliphatic heterocycles. The Morgan fingerprint density at radius 3 is 2.44 bits per heavy atom. The number of nitrogens with zero attached hydrogens (tertiary/aromatic N) is 4. The number of rotatable bonds is 7. The molecule has 2 aliphatic rings. The number of imidazole rings is 1. The molecule has 36 heavy (non-hydrogen) atoms. The van der Waals surface area contributed by atoms with Crippen molar-refractivity contribution in [2.45, 2.75) is 43.9 Å². The lowest BCUT2D eigenvalue weighted by molar-refractivity contribution is -0.137. The maximum Gasteiger partial charge on any atom is 0.418 e. The van der Waals surface area contributed by atoms with Crippen molar-refractivity contribution in [1.29, 1.82) is 0 Å². The molecule has 2 aliphatic carbocycles. The van der Waals surface area contributed by atoms with Crippen LogP contribution in [0.15, 0.2) is 24.3 Å². The normalized spacial score (nSPS) is 14.9. The number of ether oxygens (including phenoxy) is 1. The summed E-state index contributed by atoms with van der Waals surface area (Å²) in [7, 11) is 2.85. The highest BCUT2D eigenvalue weighted by Gasteiger charge is 2.37. The SMILES string of the molecule is CN(C(=O)OCC#Cc1nc(N(C=O)C2CC2)c(C(=O)N(C)C2CC2)[nH]1)c1ccccc1C(F)(F)F. The van der Waals surface area contributed by atoms with E-state index < -0.39 is 24.4 Å². The fraction of sp³-hybridized carbons (Fsp3) is 0.417. The van der Waals surface area contributed by atoms with Gasteiger partial charge in [0.1, 0.15) is 5.69 Å². The van der Waals surface area contributed by atoms with Gasteiger partial charge in [-0.05, 0) is 43.7 Å². The summed E-state index contributed by atoms with van der Waals surface area (Å²) in [5.74, 6) is 5.18. The molecule has 2 saturated carbocycles. The minimum absolute atomic E-state index is 0.0274. The number of amides is 3. The van der Waals surface area contributed by atoms with Crippen LogP contribution in [0.5, 0.6) is 0 Å². The summed E-state index contributed by atoms with van der Waals surface area (Å²) < 4.78 is 44.7. The Balaban J connectivity index is 1.46. The van der Waals surface area contributed by atoms with Crippen molar-refractivity contribution in [3.8, 4) is 11.8 Å². The Morgan fingerprint density at radius 1 is 1.17 bits per heavy atom. The van der Waals surface area contributed by atoms with Crippen molar-refractivity contribution in [3.63, 3.8) is 0 Å². The van der Waals surface area contributed by atoms with E-state index in [1.54, 1.807) is 11.9 Å². The standard InChI is InChI=1S/C24H24F3N5O4/c1-30(15-9-10-15)22(34)20-21(32(14-33)16-11-12-16)29-19(28-20)8-5-13-36-23(35)31(2)18-7-4-3-6-17(18)24(25,26)27/h3-4,6-7,14-16H,9-13H2,1-2H3,(H,28,29). The largest absolute Gasteiger partial charge is 0.436 e. The van der Waals surface area contributed by atoms with Crippen LogP contribution in [0.3, 0.4) is 0 Å². The Morgan fingerprint density at radius 2 is 1.83 bits per heavy atom. The second-order valence-electron chi connectivity index (χ2n) is 8.61. The van der Waals surface area contributed by atoms with E-state index in [0.717, 1.165) is 42.7 Å². The summed E-state index contributed by atoms with van der Waals surface area (Å²) in [5.41, 5.74) is -1.17. The molecule has 0 saturated heterocycles. The monoisotopic (exact) mass is 503 g/mol. The number of carbonyl (C=O) groups is 3. The first-order chi connectivity index (χ1) is 17.1. The fourth-order valence-electron chi connectivity index (χ4n) is 3.64. The number of hydrogen-bond donors (Lipinski definition) is 1. The third-order valence-corrected chi connectivity index (χ3v) is 5.93. The highest BCUT2D eigenvalue weighted by Crippen LogP contribution is 2.36. The first kappa shape index (κ1) is 25.1. The van der Waals surface area contributed by atoms with Crippen LogP contribution in [0.2, 0.25) is 0 Å². The molecule has 0 spiro atoms. The van der Waals surface area contributed by atoms with E-state index >= 15 is 0 Å². The predicted octanol–water partition coefficient (Wildman–Crippen LogP) is 3.41. The molecule has 12 heteroatoms. The molecule has 1 aromatic heterocycles. The zero-order valence-electron chi connectivity index (χ0n) is 19.6. The topological polar surface area (TPSA) is 98.8 Å². The van der Waals surface area contributed by atoms with Gasteiger partial charge < -0.3 is 14.6 Å². The van der Waals surface area contributed by atoms with Gasteiger partial charge in [0.25, 0.3) is 5.91 Å². The van der Waals surface area contributed by atoms with E-state index in [-0.39, 0.29) is 41.0 Å². The molecule has 0 radical (unpaired) electrons. The van der Waals surface area contributed by atoms with Crippen molar-refractivity contribution < 1.29 is 32.3 Å². The number of halogens is 3. The lowest BCUT2D eigenvalue weighted by Gasteiger charge is -2.20. The molecule has 1 N–H and O–H groups in total. The van der Waals surface area contributed by atoms with Gasteiger partial charge in [0.15, 0.2) is 18.2 Å². The molecule has 0 unspecified atom stereocenters. The van der Waals surface area contributed by atoms with Gasteiger partial charge in [-0.15, -0.1) is 0 Å². The number of H-pyrrole nitrogens is 1. The van der Waals surface area contributed by atoms with Crippen LogP contribution in [-0.4, -0.2) is 66.1 Å². The lowest BCUT2D eigenvalue weighted by Crippen LogP contribution is -2.32. The smallest absolute Gasteiger partial charge is 0.418 e. The van der Waals surface area contributed by atoms with Gasteiger partial charge in [-0.1, -0.05) is 18.1 Å². The van der Waals surface area contributed by atoms with Gasteiger partial charge >= 0.3 is 12.3 Å². The quantitative estimate of drug-likeness (QED) is 0.461. The molecule has 1 heterocycles. The number of anilines is 2. The molecule has 190 valence electrons. The van der Waals surface area contributed by atoms with E-state index in [4.69, 9.17) is 4.74 Å². The van der Waals surface area contributed by atoms with E-state index in [1.165, 1.54) is 24.1 Å². The number of benzene rings is 1. The van der Waals surface area contributed by atoms with E-state index in [9.17, 15) is 27.6 Å². The average molecular weight is 503 g/mol. The lowest BCUT2D eigenvalue weighted by atomic mass is 10.1. The predicted molar refractivity (Wildman–Crippen MR) is 123 cm³/mol. The van der Waals surface area contributed by atoms with Gasteiger partial charge in [0, 0.05) is 26.2 Å². The average Bonchev–Trinajstić information content (AvgIpc) is 3.78. The first-order valence-electron chi connectivity index (χ1n) is 11.3. The summed E-state index contributed by atoms with van der Waals surface area (Å²) in [4.78, 5) is 47.8.